The number of nitrogens with one attached hydrogen (secondary N) is 1. The first-order valence-electron chi connectivity index (χ1n) is 4.20. The summed E-state index contributed by atoms with van der Waals surface area (Å²) in [5.74, 6) is 0.669. The van der Waals surface area contributed by atoms with E-state index in [1.54, 1.807) is 0 Å². The van der Waals surface area contributed by atoms with Gasteiger partial charge in [0.15, 0.2) is 11.0 Å². The molecule has 0 aliphatic carbocycles. The maximum Gasteiger partial charge on any atom is 0.186 e. The Morgan fingerprint density at radius 2 is 2.54 bits per heavy atom. The Labute approximate surface area is 85.6 Å². The summed E-state index contributed by atoms with van der Waals surface area (Å²) in [4.78, 5) is 0. The number of rotatable bonds is 3. The number of anilines is 1. The number of hydrogen-bond acceptors (Lipinski definition) is 5. The van der Waals surface area contributed by atoms with Gasteiger partial charge in [-0.25, -0.2) is 0 Å². The molecular formula is C7H10ClN3OS. The molecule has 0 saturated carbocycles. The average Bonchev–Trinajstić information content (AvgIpc) is 2.72. The van der Waals surface area contributed by atoms with Gasteiger partial charge in [0, 0.05) is 13.2 Å². The fraction of sp³-hybridized carbons (Fsp3) is 0.714. The Kier molecular flexibility index (Phi) is 2.97. The zero-order valence-corrected chi connectivity index (χ0v) is 8.57. The van der Waals surface area contributed by atoms with E-state index in [1.165, 1.54) is 0 Å². The van der Waals surface area contributed by atoms with Crippen LogP contribution >= 0.6 is 23.3 Å². The van der Waals surface area contributed by atoms with Crippen LogP contribution in [0.5, 0.6) is 0 Å². The van der Waals surface area contributed by atoms with Crippen LogP contribution in [0.3, 0.4) is 0 Å². The average molecular weight is 220 g/mol. The van der Waals surface area contributed by atoms with Crippen LogP contribution in [0.2, 0.25) is 5.15 Å². The predicted octanol–water partition coefficient (Wildman–Crippen LogP) is 1.78. The fourth-order valence-electron chi connectivity index (χ4n) is 1.30. The molecule has 1 aromatic rings. The fourth-order valence-corrected chi connectivity index (χ4v) is 1.98. The Hall–Kier alpha value is -0.390. The van der Waals surface area contributed by atoms with Crippen LogP contribution in [-0.4, -0.2) is 28.0 Å². The van der Waals surface area contributed by atoms with Crippen molar-refractivity contribution in [2.45, 2.75) is 18.9 Å². The lowest BCUT2D eigenvalue weighted by Gasteiger charge is -2.09. The van der Waals surface area contributed by atoms with Gasteiger partial charge in [0.25, 0.3) is 0 Å². The molecule has 1 saturated heterocycles. The number of nitrogens with zero attached hydrogens (tertiary/aromatic N) is 2. The van der Waals surface area contributed by atoms with Crippen LogP contribution in [0.15, 0.2) is 0 Å². The molecule has 1 aromatic heterocycles. The molecule has 1 N–H and O–H groups in total. The minimum atomic E-state index is 0.303. The van der Waals surface area contributed by atoms with Gasteiger partial charge in [-0.3, -0.25) is 0 Å². The molecule has 2 rings (SSSR count). The SMILES string of the molecule is Clc1nsnc1NCC1CCCO1. The van der Waals surface area contributed by atoms with Gasteiger partial charge < -0.3 is 10.1 Å². The molecule has 0 spiro atoms. The van der Waals surface area contributed by atoms with Gasteiger partial charge >= 0.3 is 0 Å². The highest BCUT2D eigenvalue weighted by molar-refractivity contribution is 6.99. The van der Waals surface area contributed by atoms with Crippen molar-refractivity contribution < 1.29 is 4.74 Å². The number of hydrogen-bond donors (Lipinski definition) is 1. The zero-order chi connectivity index (χ0) is 9.10. The van der Waals surface area contributed by atoms with E-state index in [4.69, 9.17) is 16.3 Å². The van der Waals surface area contributed by atoms with Crippen molar-refractivity contribution in [2.75, 3.05) is 18.5 Å². The molecular weight excluding hydrogens is 210 g/mol. The third-order valence-corrected chi connectivity index (χ3v) is 2.86. The summed E-state index contributed by atoms with van der Waals surface area (Å²) in [6, 6.07) is 0. The first kappa shape index (κ1) is 9.18. The first-order valence-corrected chi connectivity index (χ1v) is 5.30. The minimum Gasteiger partial charge on any atom is -0.376 e. The summed E-state index contributed by atoms with van der Waals surface area (Å²) in [5, 5.41) is 3.56. The molecule has 1 fully saturated rings. The lowest BCUT2D eigenvalue weighted by atomic mass is 10.2. The highest BCUT2D eigenvalue weighted by atomic mass is 35.5. The van der Waals surface area contributed by atoms with Crippen LogP contribution in [0.1, 0.15) is 12.8 Å². The van der Waals surface area contributed by atoms with Crippen LogP contribution < -0.4 is 5.32 Å². The zero-order valence-electron chi connectivity index (χ0n) is 6.99. The molecule has 72 valence electrons. The van der Waals surface area contributed by atoms with Crippen LogP contribution in [0, 0.1) is 0 Å². The molecule has 6 heteroatoms. The standard InChI is InChI=1S/C7H10ClN3OS/c8-6-7(11-13-10-6)9-4-5-2-1-3-12-5/h5H,1-4H2,(H,9,11). The van der Waals surface area contributed by atoms with Gasteiger partial charge in [-0.05, 0) is 12.8 Å². The summed E-state index contributed by atoms with van der Waals surface area (Å²) in [7, 11) is 0. The normalized spacial score (nSPS) is 22.1. The van der Waals surface area contributed by atoms with Crippen molar-refractivity contribution in [3.05, 3.63) is 5.15 Å². The van der Waals surface area contributed by atoms with E-state index in [1.807, 2.05) is 0 Å². The van der Waals surface area contributed by atoms with Crippen molar-refractivity contribution in [2.24, 2.45) is 0 Å². The minimum absolute atomic E-state index is 0.303. The van der Waals surface area contributed by atoms with Crippen molar-refractivity contribution in [1.29, 1.82) is 0 Å². The van der Waals surface area contributed by atoms with E-state index >= 15 is 0 Å². The molecule has 13 heavy (non-hydrogen) atoms. The lowest BCUT2D eigenvalue weighted by molar-refractivity contribution is 0.120. The van der Waals surface area contributed by atoms with Crippen molar-refractivity contribution >= 4 is 29.1 Å². The largest absolute Gasteiger partial charge is 0.376 e. The maximum absolute atomic E-state index is 5.76. The van der Waals surface area contributed by atoms with Gasteiger partial charge in [-0.2, -0.15) is 8.75 Å². The van der Waals surface area contributed by atoms with Crippen molar-refractivity contribution in [3.8, 4) is 0 Å². The highest BCUT2D eigenvalue weighted by Crippen LogP contribution is 2.19. The number of halogens is 1. The quantitative estimate of drug-likeness (QED) is 0.842. The summed E-state index contributed by atoms with van der Waals surface area (Å²) < 4.78 is 13.3. The molecule has 0 amide bonds. The van der Waals surface area contributed by atoms with E-state index in [0.29, 0.717) is 17.1 Å². The van der Waals surface area contributed by atoms with E-state index in [2.05, 4.69) is 14.1 Å². The monoisotopic (exact) mass is 219 g/mol. The van der Waals surface area contributed by atoms with Gasteiger partial charge in [-0.1, -0.05) is 11.6 Å². The van der Waals surface area contributed by atoms with E-state index in [9.17, 15) is 0 Å². The summed E-state index contributed by atoms with van der Waals surface area (Å²) in [6.07, 6.45) is 2.56. The Bertz CT molecular complexity index is 274. The highest BCUT2D eigenvalue weighted by Gasteiger charge is 2.16. The second kappa shape index (κ2) is 4.21. The van der Waals surface area contributed by atoms with Gasteiger partial charge in [-0.15, -0.1) is 0 Å². The van der Waals surface area contributed by atoms with Gasteiger partial charge in [0.1, 0.15) is 0 Å². The predicted molar refractivity (Wildman–Crippen MR) is 52.4 cm³/mol. The van der Waals surface area contributed by atoms with Gasteiger partial charge in [0.05, 0.1) is 17.8 Å². The molecule has 1 aliphatic heterocycles. The smallest absolute Gasteiger partial charge is 0.186 e. The summed E-state index contributed by atoms with van der Waals surface area (Å²) in [6.45, 7) is 1.64. The van der Waals surface area contributed by atoms with Crippen molar-refractivity contribution in [1.82, 2.24) is 8.75 Å². The molecule has 4 nitrogen and oxygen atoms in total. The van der Waals surface area contributed by atoms with Gasteiger partial charge in [0.2, 0.25) is 0 Å². The second-order valence-corrected chi connectivity index (χ2v) is 3.81. The topological polar surface area (TPSA) is 47.0 Å². The summed E-state index contributed by atoms with van der Waals surface area (Å²) >= 11 is 6.87. The van der Waals surface area contributed by atoms with Crippen LogP contribution in [0.4, 0.5) is 5.82 Å². The lowest BCUT2D eigenvalue weighted by Crippen LogP contribution is -2.18. The Morgan fingerprint density at radius 1 is 1.62 bits per heavy atom. The molecule has 1 atom stereocenters. The third-order valence-electron chi connectivity index (χ3n) is 1.97. The van der Waals surface area contributed by atoms with E-state index in [0.717, 1.165) is 37.7 Å². The number of ether oxygens (including phenoxy) is 1. The Balaban J connectivity index is 1.82. The van der Waals surface area contributed by atoms with E-state index < -0.39 is 0 Å². The third kappa shape index (κ3) is 2.30. The van der Waals surface area contributed by atoms with Crippen LogP contribution in [0.25, 0.3) is 0 Å². The molecule has 0 bridgehead atoms. The Morgan fingerprint density at radius 3 is 3.15 bits per heavy atom. The van der Waals surface area contributed by atoms with E-state index in [-0.39, 0.29) is 0 Å². The maximum atomic E-state index is 5.76. The summed E-state index contributed by atoms with van der Waals surface area (Å²) in [5.41, 5.74) is 0. The molecule has 0 radical (unpaired) electrons. The number of aromatic nitrogens is 2. The molecule has 1 unspecified atom stereocenters. The first-order chi connectivity index (χ1) is 6.36. The molecule has 0 aromatic carbocycles. The molecule has 1 aliphatic rings. The van der Waals surface area contributed by atoms with Crippen molar-refractivity contribution in [3.63, 3.8) is 0 Å². The molecule has 2 heterocycles. The van der Waals surface area contributed by atoms with Crippen LogP contribution in [-0.2, 0) is 4.74 Å². The second-order valence-electron chi connectivity index (χ2n) is 2.92.